The Balaban J connectivity index is 1.58. The maximum absolute atomic E-state index is 8.68. The van der Waals surface area contributed by atoms with Gasteiger partial charge in [0.2, 0.25) is 0 Å². The first-order valence-electron chi connectivity index (χ1n) is 6.97. The highest BCUT2D eigenvalue weighted by Crippen LogP contribution is 2.39. The number of aliphatic hydroxyl groups excluding tert-OH is 1. The second kappa shape index (κ2) is 8.15. The minimum absolute atomic E-state index is 0.308. The fourth-order valence-corrected chi connectivity index (χ4v) is 3.54. The Morgan fingerprint density at radius 2 is 2.05 bits per heavy atom. The average molecular weight is 300 g/mol. The largest absolute Gasteiger partial charge is 0.396 e. The quantitative estimate of drug-likeness (QED) is 0.723. The van der Waals surface area contributed by atoms with Gasteiger partial charge in [0, 0.05) is 30.0 Å². The van der Waals surface area contributed by atoms with Gasteiger partial charge in [0.1, 0.15) is 0 Å². The molecule has 2 rings (SSSR count). The summed E-state index contributed by atoms with van der Waals surface area (Å²) in [4.78, 5) is 0. The van der Waals surface area contributed by atoms with Crippen LogP contribution < -0.4 is 5.32 Å². The van der Waals surface area contributed by atoms with Gasteiger partial charge in [0.25, 0.3) is 0 Å². The van der Waals surface area contributed by atoms with Crippen molar-refractivity contribution >= 4 is 23.4 Å². The van der Waals surface area contributed by atoms with Gasteiger partial charge in [-0.3, -0.25) is 0 Å². The first kappa shape index (κ1) is 15.2. The van der Waals surface area contributed by atoms with Gasteiger partial charge >= 0.3 is 0 Å². The van der Waals surface area contributed by atoms with Crippen molar-refractivity contribution in [3.05, 3.63) is 34.9 Å². The molecule has 19 heavy (non-hydrogen) atoms. The molecule has 1 fully saturated rings. The highest BCUT2D eigenvalue weighted by Gasteiger charge is 2.30. The van der Waals surface area contributed by atoms with Crippen LogP contribution in [0.4, 0.5) is 0 Å². The molecule has 0 atom stereocenters. The molecular weight excluding hydrogens is 278 g/mol. The van der Waals surface area contributed by atoms with Crippen molar-refractivity contribution in [2.45, 2.75) is 31.2 Å². The SMILES string of the molecule is OCCCSCCNC1CC(c2ccccc2Cl)C1. The molecule has 1 aromatic rings. The van der Waals surface area contributed by atoms with Crippen molar-refractivity contribution < 1.29 is 5.11 Å². The van der Waals surface area contributed by atoms with Gasteiger partial charge in [-0.15, -0.1) is 0 Å². The lowest BCUT2D eigenvalue weighted by Crippen LogP contribution is -2.41. The Kier molecular flexibility index (Phi) is 6.51. The number of hydrogen-bond acceptors (Lipinski definition) is 3. The molecule has 0 radical (unpaired) electrons. The first-order chi connectivity index (χ1) is 9.31. The summed E-state index contributed by atoms with van der Waals surface area (Å²) in [5.74, 6) is 2.83. The Morgan fingerprint density at radius 1 is 1.26 bits per heavy atom. The molecule has 1 aliphatic carbocycles. The maximum Gasteiger partial charge on any atom is 0.0440 e. The van der Waals surface area contributed by atoms with Crippen molar-refractivity contribution in [3.63, 3.8) is 0 Å². The average Bonchev–Trinajstić information content (AvgIpc) is 2.37. The third kappa shape index (κ3) is 4.67. The lowest BCUT2D eigenvalue weighted by molar-refractivity contribution is 0.295. The van der Waals surface area contributed by atoms with Crippen molar-refractivity contribution in [2.24, 2.45) is 0 Å². The van der Waals surface area contributed by atoms with Crippen LogP contribution in [0.2, 0.25) is 5.02 Å². The van der Waals surface area contributed by atoms with Crippen LogP contribution in [0.5, 0.6) is 0 Å². The maximum atomic E-state index is 8.68. The summed E-state index contributed by atoms with van der Waals surface area (Å²) >= 11 is 8.12. The summed E-state index contributed by atoms with van der Waals surface area (Å²) < 4.78 is 0. The van der Waals surface area contributed by atoms with Crippen molar-refractivity contribution in [3.8, 4) is 0 Å². The Bertz CT molecular complexity index is 382. The molecule has 0 amide bonds. The number of halogens is 1. The van der Waals surface area contributed by atoms with Crippen molar-refractivity contribution in [1.29, 1.82) is 0 Å². The number of hydrogen-bond donors (Lipinski definition) is 2. The van der Waals surface area contributed by atoms with E-state index >= 15 is 0 Å². The lowest BCUT2D eigenvalue weighted by atomic mass is 9.76. The summed E-state index contributed by atoms with van der Waals surface area (Å²) in [5, 5.41) is 13.2. The number of thioether (sulfide) groups is 1. The van der Waals surface area contributed by atoms with Crippen molar-refractivity contribution in [2.75, 3.05) is 24.7 Å². The van der Waals surface area contributed by atoms with Crippen LogP contribution in [0.1, 0.15) is 30.7 Å². The third-order valence-electron chi connectivity index (χ3n) is 3.61. The van der Waals surface area contributed by atoms with Gasteiger partial charge in [-0.2, -0.15) is 11.8 Å². The summed E-state index contributed by atoms with van der Waals surface area (Å²) in [6.07, 6.45) is 3.30. The van der Waals surface area contributed by atoms with Gasteiger partial charge < -0.3 is 10.4 Å². The van der Waals surface area contributed by atoms with E-state index in [1.807, 2.05) is 23.9 Å². The van der Waals surface area contributed by atoms with E-state index < -0.39 is 0 Å². The molecular formula is C15H22ClNOS. The standard InChI is InChI=1S/C15H22ClNOS/c16-15-5-2-1-4-14(15)12-10-13(11-12)17-6-9-19-8-3-7-18/h1-2,4-5,12-13,17-18H,3,6-11H2. The first-order valence-corrected chi connectivity index (χ1v) is 8.51. The summed E-state index contributed by atoms with van der Waals surface area (Å²) in [5.41, 5.74) is 1.31. The number of benzene rings is 1. The zero-order valence-electron chi connectivity index (χ0n) is 11.1. The lowest BCUT2D eigenvalue weighted by Gasteiger charge is -2.36. The molecule has 0 heterocycles. The van der Waals surface area contributed by atoms with E-state index in [2.05, 4.69) is 17.4 Å². The van der Waals surface area contributed by atoms with E-state index in [-0.39, 0.29) is 0 Å². The minimum atomic E-state index is 0.308. The summed E-state index contributed by atoms with van der Waals surface area (Å²) in [6.45, 7) is 1.37. The second-order valence-electron chi connectivity index (χ2n) is 5.03. The fraction of sp³-hybridized carbons (Fsp3) is 0.600. The molecule has 1 aromatic carbocycles. The van der Waals surface area contributed by atoms with Gasteiger partial charge in [-0.25, -0.2) is 0 Å². The molecule has 0 aromatic heterocycles. The molecule has 0 saturated heterocycles. The van der Waals surface area contributed by atoms with Gasteiger partial charge in [0.05, 0.1) is 0 Å². The molecule has 0 spiro atoms. The fourth-order valence-electron chi connectivity index (χ4n) is 2.45. The van der Waals surface area contributed by atoms with Crippen LogP contribution in [-0.2, 0) is 0 Å². The summed E-state index contributed by atoms with van der Waals surface area (Å²) in [7, 11) is 0. The van der Waals surface area contributed by atoms with E-state index in [0.717, 1.165) is 29.5 Å². The van der Waals surface area contributed by atoms with E-state index in [4.69, 9.17) is 16.7 Å². The third-order valence-corrected chi connectivity index (χ3v) is 5.02. The number of aliphatic hydroxyl groups is 1. The van der Waals surface area contributed by atoms with E-state index in [1.54, 1.807) is 0 Å². The molecule has 106 valence electrons. The Morgan fingerprint density at radius 3 is 2.79 bits per heavy atom. The van der Waals surface area contributed by atoms with Crippen molar-refractivity contribution in [1.82, 2.24) is 5.32 Å². The molecule has 0 unspecified atom stereocenters. The van der Waals surface area contributed by atoms with Crippen LogP contribution in [-0.4, -0.2) is 35.8 Å². The van der Waals surface area contributed by atoms with Crippen LogP contribution in [0, 0.1) is 0 Å². The van der Waals surface area contributed by atoms with E-state index in [0.29, 0.717) is 18.6 Å². The predicted octanol–water partition coefficient (Wildman–Crippen LogP) is 3.29. The minimum Gasteiger partial charge on any atom is -0.396 e. The highest BCUT2D eigenvalue weighted by molar-refractivity contribution is 7.99. The number of nitrogens with one attached hydrogen (secondary N) is 1. The molecule has 1 aliphatic rings. The molecule has 1 saturated carbocycles. The zero-order valence-corrected chi connectivity index (χ0v) is 12.7. The summed E-state index contributed by atoms with van der Waals surface area (Å²) in [6, 6.07) is 8.84. The Labute approximate surface area is 124 Å². The second-order valence-corrected chi connectivity index (χ2v) is 6.66. The molecule has 4 heteroatoms. The highest BCUT2D eigenvalue weighted by atomic mass is 35.5. The van der Waals surface area contributed by atoms with Crippen LogP contribution >= 0.6 is 23.4 Å². The monoisotopic (exact) mass is 299 g/mol. The normalized spacial score (nSPS) is 22.2. The zero-order chi connectivity index (χ0) is 13.5. The van der Waals surface area contributed by atoms with Crippen LogP contribution in [0.3, 0.4) is 0 Å². The van der Waals surface area contributed by atoms with Crippen LogP contribution in [0.25, 0.3) is 0 Å². The van der Waals surface area contributed by atoms with Gasteiger partial charge in [0.15, 0.2) is 0 Å². The predicted molar refractivity (Wildman–Crippen MR) is 84.2 cm³/mol. The van der Waals surface area contributed by atoms with Gasteiger partial charge in [-0.1, -0.05) is 29.8 Å². The molecule has 0 bridgehead atoms. The smallest absolute Gasteiger partial charge is 0.0440 e. The Hall–Kier alpha value is -0.220. The molecule has 2 N–H and O–H groups in total. The topological polar surface area (TPSA) is 32.3 Å². The van der Waals surface area contributed by atoms with Crippen LogP contribution in [0.15, 0.2) is 24.3 Å². The van der Waals surface area contributed by atoms with E-state index in [1.165, 1.54) is 18.4 Å². The van der Waals surface area contributed by atoms with Gasteiger partial charge in [-0.05, 0) is 42.6 Å². The number of rotatable bonds is 8. The molecule has 2 nitrogen and oxygen atoms in total. The van der Waals surface area contributed by atoms with E-state index in [9.17, 15) is 0 Å². The molecule has 0 aliphatic heterocycles.